The molecule has 3 rings (SSSR count). The Kier molecular flexibility index (Phi) is 4.91. The van der Waals surface area contributed by atoms with E-state index >= 15 is 0 Å². The van der Waals surface area contributed by atoms with E-state index in [1.54, 1.807) is 12.1 Å². The largest absolute Gasteiger partial charge is 0.505 e. The SMILES string of the molecule is COCc1cc(F)ccc1Cc1cnc2c(O)c(C(=O)O)c(=O)n(C)c2c1. The fourth-order valence-electron chi connectivity index (χ4n) is 3.00. The predicted octanol–water partition coefficient (Wildman–Crippen LogP) is 2.21. The number of pyridine rings is 2. The lowest BCUT2D eigenvalue weighted by Gasteiger charge is -2.12. The summed E-state index contributed by atoms with van der Waals surface area (Å²) in [6.07, 6.45) is 1.88. The van der Waals surface area contributed by atoms with Crippen LogP contribution in [0.5, 0.6) is 5.75 Å². The zero-order valence-electron chi connectivity index (χ0n) is 14.7. The van der Waals surface area contributed by atoms with Crippen molar-refractivity contribution >= 4 is 17.0 Å². The molecule has 1 aromatic carbocycles. The molecule has 0 saturated carbocycles. The highest BCUT2D eigenvalue weighted by molar-refractivity contribution is 5.97. The number of methoxy groups -OCH3 is 1. The Hall–Kier alpha value is -3.26. The third-order valence-electron chi connectivity index (χ3n) is 4.34. The van der Waals surface area contributed by atoms with Gasteiger partial charge in [0.05, 0.1) is 12.1 Å². The highest BCUT2D eigenvalue weighted by Gasteiger charge is 2.21. The average Bonchev–Trinajstić information content (AvgIpc) is 2.62. The fraction of sp³-hybridized carbons (Fsp3) is 0.211. The molecule has 0 fully saturated rings. The van der Waals surface area contributed by atoms with Gasteiger partial charge in [-0.2, -0.15) is 0 Å². The summed E-state index contributed by atoms with van der Waals surface area (Å²) in [5.41, 5.74) is 1.01. The van der Waals surface area contributed by atoms with Crippen molar-refractivity contribution in [2.45, 2.75) is 13.0 Å². The van der Waals surface area contributed by atoms with Crippen LogP contribution >= 0.6 is 0 Å². The molecule has 0 spiro atoms. The first-order valence-electron chi connectivity index (χ1n) is 8.03. The summed E-state index contributed by atoms with van der Waals surface area (Å²) < 4.78 is 19.7. The summed E-state index contributed by atoms with van der Waals surface area (Å²) in [5, 5.41) is 19.3. The van der Waals surface area contributed by atoms with Crippen molar-refractivity contribution in [3.05, 3.63) is 68.9 Å². The van der Waals surface area contributed by atoms with E-state index in [1.807, 2.05) is 0 Å². The third-order valence-corrected chi connectivity index (χ3v) is 4.34. The molecule has 0 aliphatic carbocycles. The number of carboxylic acids is 1. The van der Waals surface area contributed by atoms with Gasteiger partial charge in [-0.15, -0.1) is 0 Å². The molecular formula is C19H17FN2O5. The van der Waals surface area contributed by atoms with Crippen LogP contribution in [0.25, 0.3) is 11.0 Å². The molecule has 140 valence electrons. The highest BCUT2D eigenvalue weighted by atomic mass is 19.1. The average molecular weight is 372 g/mol. The maximum absolute atomic E-state index is 13.5. The Morgan fingerprint density at radius 1 is 1.30 bits per heavy atom. The molecule has 7 nitrogen and oxygen atoms in total. The minimum absolute atomic E-state index is 0.0227. The van der Waals surface area contributed by atoms with E-state index in [2.05, 4.69) is 4.98 Å². The number of ether oxygens (including phenoxy) is 1. The van der Waals surface area contributed by atoms with Crippen LogP contribution in [0, 0.1) is 5.82 Å². The van der Waals surface area contributed by atoms with Gasteiger partial charge in [-0.25, -0.2) is 9.18 Å². The quantitative estimate of drug-likeness (QED) is 0.712. The first kappa shape index (κ1) is 18.5. The maximum Gasteiger partial charge on any atom is 0.345 e. The van der Waals surface area contributed by atoms with Crippen molar-refractivity contribution in [3.63, 3.8) is 0 Å². The lowest BCUT2D eigenvalue weighted by atomic mass is 10.0. The normalized spacial score (nSPS) is 11.1. The summed E-state index contributed by atoms with van der Waals surface area (Å²) in [5.74, 6) is -2.54. The number of hydrogen-bond donors (Lipinski definition) is 2. The van der Waals surface area contributed by atoms with Gasteiger partial charge >= 0.3 is 5.97 Å². The molecule has 0 radical (unpaired) electrons. The first-order valence-corrected chi connectivity index (χ1v) is 8.03. The van der Waals surface area contributed by atoms with Crippen LogP contribution in [0.2, 0.25) is 0 Å². The Balaban J connectivity index is 2.11. The number of hydrogen-bond acceptors (Lipinski definition) is 5. The van der Waals surface area contributed by atoms with E-state index in [1.165, 1.54) is 32.5 Å². The minimum atomic E-state index is -1.52. The van der Waals surface area contributed by atoms with Crippen molar-refractivity contribution in [1.29, 1.82) is 0 Å². The lowest BCUT2D eigenvalue weighted by molar-refractivity contribution is 0.0691. The van der Waals surface area contributed by atoms with Gasteiger partial charge < -0.3 is 19.5 Å². The topological polar surface area (TPSA) is 102 Å². The van der Waals surface area contributed by atoms with Gasteiger partial charge in [-0.05, 0) is 41.3 Å². The van der Waals surface area contributed by atoms with E-state index in [4.69, 9.17) is 9.84 Å². The summed E-state index contributed by atoms with van der Waals surface area (Å²) in [7, 11) is 2.93. The summed E-state index contributed by atoms with van der Waals surface area (Å²) >= 11 is 0. The number of carbonyl (C=O) groups is 1. The van der Waals surface area contributed by atoms with Crippen LogP contribution in [0.3, 0.4) is 0 Å². The number of nitrogens with zero attached hydrogens (tertiary/aromatic N) is 2. The molecule has 0 aliphatic rings. The number of rotatable bonds is 5. The summed E-state index contributed by atoms with van der Waals surface area (Å²) in [6.45, 7) is 0.245. The summed E-state index contributed by atoms with van der Waals surface area (Å²) in [4.78, 5) is 27.6. The van der Waals surface area contributed by atoms with E-state index in [0.29, 0.717) is 23.1 Å². The van der Waals surface area contributed by atoms with Crippen molar-refractivity contribution in [2.75, 3.05) is 7.11 Å². The second-order valence-electron chi connectivity index (χ2n) is 6.13. The molecule has 3 aromatic rings. The zero-order chi connectivity index (χ0) is 19.7. The Labute approximate surface area is 153 Å². The Morgan fingerprint density at radius 3 is 2.70 bits per heavy atom. The lowest BCUT2D eigenvalue weighted by Crippen LogP contribution is -2.25. The van der Waals surface area contributed by atoms with Crippen LogP contribution in [-0.4, -0.2) is 32.8 Å². The molecule has 8 heteroatoms. The first-order chi connectivity index (χ1) is 12.8. The predicted molar refractivity (Wildman–Crippen MR) is 95.5 cm³/mol. The highest BCUT2D eigenvalue weighted by Crippen LogP contribution is 2.26. The van der Waals surface area contributed by atoms with Crippen LogP contribution in [0.15, 0.2) is 35.3 Å². The van der Waals surface area contributed by atoms with Gasteiger partial charge in [-0.3, -0.25) is 9.78 Å². The fourth-order valence-corrected chi connectivity index (χ4v) is 3.00. The number of fused-ring (bicyclic) bond motifs is 1. The van der Waals surface area contributed by atoms with Crippen molar-refractivity contribution in [3.8, 4) is 5.75 Å². The van der Waals surface area contributed by atoms with Gasteiger partial charge in [0.25, 0.3) is 5.56 Å². The second kappa shape index (κ2) is 7.16. The Bertz CT molecular complexity index is 1110. The summed E-state index contributed by atoms with van der Waals surface area (Å²) in [6, 6.07) is 6.05. The van der Waals surface area contributed by atoms with E-state index < -0.39 is 22.8 Å². The molecule has 2 N–H and O–H groups in total. The zero-order valence-corrected chi connectivity index (χ0v) is 14.7. The second-order valence-corrected chi connectivity index (χ2v) is 6.13. The van der Waals surface area contributed by atoms with Crippen LogP contribution in [0.4, 0.5) is 4.39 Å². The van der Waals surface area contributed by atoms with Crippen molar-refractivity contribution in [2.24, 2.45) is 7.05 Å². The number of aromatic carboxylic acids is 1. The molecule has 0 bridgehead atoms. The molecule has 0 unspecified atom stereocenters. The number of benzene rings is 1. The Morgan fingerprint density at radius 2 is 2.04 bits per heavy atom. The van der Waals surface area contributed by atoms with Crippen LogP contribution in [-0.2, 0) is 24.8 Å². The van der Waals surface area contributed by atoms with E-state index in [9.17, 15) is 19.1 Å². The molecule has 0 amide bonds. The van der Waals surface area contributed by atoms with E-state index in [-0.39, 0.29) is 17.9 Å². The number of aromatic hydroxyl groups is 1. The van der Waals surface area contributed by atoms with Crippen molar-refractivity contribution < 1.29 is 24.1 Å². The molecular weight excluding hydrogens is 355 g/mol. The van der Waals surface area contributed by atoms with Gasteiger partial charge in [0.1, 0.15) is 11.3 Å². The molecule has 2 aromatic heterocycles. The number of aryl methyl sites for hydroxylation is 1. The minimum Gasteiger partial charge on any atom is -0.505 e. The third kappa shape index (κ3) is 3.39. The monoisotopic (exact) mass is 372 g/mol. The van der Waals surface area contributed by atoms with Gasteiger partial charge in [0.15, 0.2) is 11.3 Å². The molecule has 0 aliphatic heterocycles. The number of aromatic nitrogens is 2. The van der Waals surface area contributed by atoms with E-state index in [0.717, 1.165) is 10.1 Å². The van der Waals surface area contributed by atoms with Crippen LogP contribution in [0.1, 0.15) is 27.0 Å². The molecule has 2 heterocycles. The standard InChI is InChI=1S/C19H17FN2O5/c1-22-14-6-10(5-11-3-4-13(20)7-12(11)9-27-2)8-21-16(14)17(23)15(18(22)24)19(25)26/h3-4,6-8,23H,5,9H2,1-2H3,(H,25,26). The maximum atomic E-state index is 13.5. The van der Waals surface area contributed by atoms with Crippen molar-refractivity contribution in [1.82, 2.24) is 9.55 Å². The van der Waals surface area contributed by atoms with Gasteiger partial charge in [0.2, 0.25) is 0 Å². The molecule has 27 heavy (non-hydrogen) atoms. The smallest absolute Gasteiger partial charge is 0.345 e. The number of carboxylic acid groups (broad SMARTS) is 1. The molecule has 0 atom stereocenters. The molecule has 0 saturated heterocycles. The number of halogens is 1. The van der Waals surface area contributed by atoms with Gasteiger partial charge in [-0.1, -0.05) is 6.07 Å². The van der Waals surface area contributed by atoms with Crippen LogP contribution < -0.4 is 5.56 Å². The van der Waals surface area contributed by atoms with Gasteiger partial charge in [0, 0.05) is 20.4 Å².